The van der Waals surface area contributed by atoms with Crippen LogP contribution in [0.1, 0.15) is 62.4 Å². The van der Waals surface area contributed by atoms with Crippen molar-refractivity contribution < 1.29 is 52.6 Å². The zero-order valence-electron chi connectivity index (χ0n) is 25.9. The first-order chi connectivity index (χ1) is 21.2. The van der Waals surface area contributed by atoms with Gasteiger partial charge in [-0.3, -0.25) is 15.0 Å². The molecule has 1 saturated carbocycles. The predicted molar refractivity (Wildman–Crippen MR) is 155 cm³/mol. The van der Waals surface area contributed by atoms with Crippen LogP contribution in [-0.4, -0.2) is 82.9 Å². The fourth-order valence-electron chi connectivity index (χ4n) is 6.26. The number of nitrogens with zero attached hydrogens (tertiary/aromatic N) is 3. The van der Waals surface area contributed by atoms with Gasteiger partial charge in [0, 0.05) is 6.07 Å². The second kappa shape index (κ2) is 12.7. The summed E-state index contributed by atoms with van der Waals surface area (Å²) in [7, 11) is 2.39. The van der Waals surface area contributed by atoms with Crippen molar-refractivity contribution in [2.45, 2.75) is 70.2 Å². The summed E-state index contributed by atoms with van der Waals surface area (Å²) in [5.41, 5.74) is -2.72. The van der Waals surface area contributed by atoms with Gasteiger partial charge in [0.25, 0.3) is 11.8 Å². The zero-order valence-corrected chi connectivity index (χ0v) is 25.9. The maximum Gasteiger partial charge on any atom is 0.411 e. The van der Waals surface area contributed by atoms with Gasteiger partial charge in [-0.25, -0.2) is 18.9 Å². The van der Waals surface area contributed by atoms with Crippen molar-refractivity contribution in [3.63, 3.8) is 0 Å². The predicted octanol–water partition coefficient (Wildman–Crippen LogP) is 3.59. The average molecular weight is 628 g/mol. The van der Waals surface area contributed by atoms with Gasteiger partial charge in [0.1, 0.15) is 24.3 Å². The van der Waals surface area contributed by atoms with Crippen molar-refractivity contribution in [3.05, 3.63) is 63.7 Å². The molecule has 3 amide bonds. The minimum atomic E-state index is -1.55. The Labute approximate surface area is 260 Å². The third-order valence-electron chi connectivity index (χ3n) is 8.74. The molecule has 2 aromatic rings. The molecule has 0 aromatic heterocycles. The van der Waals surface area contributed by atoms with E-state index in [1.807, 2.05) is 6.07 Å². The fraction of sp³-hybridized carbons (Fsp3) is 0.484. The van der Waals surface area contributed by atoms with Gasteiger partial charge >= 0.3 is 18.0 Å². The number of quaternary nitrogens is 1. The standard InChI is InChI=1S/C31H37N3O11/c1-30(2,3)34(29(38)39)16-15-32(28(37)44-19-20-9-7-6-8-10-20)31(27(34)36)13-11-21(12-14-31)45-25-17-22(26(35)43-5)23(33(40)41)18-24(25)42-4/h6-10,17-18,21H,11-16,19H2,1-5H3/t21?,31?,34-/m1/s1. The molecule has 0 bridgehead atoms. The lowest BCUT2D eigenvalue weighted by Crippen LogP contribution is -2.82. The number of hydrogen-bond acceptors (Lipinski definition) is 11. The summed E-state index contributed by atoms with van der Waals surface area (Å²) in [6.45, 7) is 4.65. The molecule has 14 nitrogen and oxygen atoms in total. The largest absolute Gasteiger partial charge is 0.498 e. The van der Waals surface area contributed by atoms with Crippen molar-refractivity contribution in [3.8, 4) is 11.5 Å². The number of imide groups is 1. The highest BCUT2D eigenvalue weighted by Gasteiger charge is 2.65. The number of rotatable bonds is 7. The summed E-state index contributed by atoms with van der Waals surface area (Å²) >= 11 is 0. The average Bonchev–Trinajstić information content (AvgIpc) is 3.01. The summed E-state index contributed by atoms with van der Waals surface area (Å²) in [6, 6.07) is 11.3. The molecule has 0 radical (unpaired) electrons. The van der Waals surface area contributed by atoms with E-state index in [2.05, 4.69) is 0 Å². The molecule has 0 unspecified atom stereocenters. The minimum Gasteiger partial charge on any atom is -0.498 e. The van der Waals surface area contributed by atoms with Gasteiger partial charge in [-0.15, -0.1) is 0 Å². The Morgan fingerprint density at radius 3 is 2.24 bits per heavy atom. The number of carbonyl (C=O) groups excluding carboxylic acids is 4. The molecule has 242 valence electrons. The molecule has 2 aliphatic rings. The lowest BCUT2D eigenvalue weighted by atomic mass is 9.75. The van der Waals surface area contributed by atoms with E-state index in [0.29, 0.717) is 0 Å². The zero-order chi connectivity index (χ0) is 33.2. The number of piperazine rings is 1. The van der Waals surface area contributed by atoms with Crippen LogP contribution in [0.4, 0.5) is 15.3 Å². The van der Waals surface area contributed by atoms with Gasteiger partial charge in [0.15, 0.2) is 17.0 Å². The topological polar surface area (TPSA) is 175 Å². The number of amides is 3. The molecule has 45 heavy (non-hydrogen) atoms. The van der Waals surface area contributed by atoms with Crippen LogP contribution in [0.25, 0.3) is 0 Å². The van der Waals surface area contributed by atoms with Crippen molar-refractivity contribution in [2.75, 3.05) is 27.3 Å². The number of carbonyl (C=O) groups is 4. The molecule has 1 aliphatic heterocycles. The number of hydrogen-bond donors (Lipinski definition) is 0. The van der Waals surface area contributed by atoms with Crippen molar-refractivity contribution >= 4 is 29.8 Å². The molecule has 2 aromatic carbocycles. The van der Waals surface area contributed by atoms with Crippen LogP contribution in [0, 0.1) is 10.1 Å². The second-order valence-corrected chi connectivity index (χ2v) is 12.1. The number of benzene rings is 2. The highest BCUT2D eigenvalue weighted by atomic mass is 16.6. The first kappa shape index (κ1) is 33.2. The lowest BCUT2D eigenvalue weighted by molar-refractivity contribution is -0.857. The van der Waals surface area contributed by atoms with Crippen molar-refractivity contribution in [1.82, 2.24) is 4.90 Å². The van der Waals surface area contributed by atoms with Gasteiger partial charge in [-0.1, -0.05) is 30.3 Å². The second-order valence-electron chi connectivity index (χ2n) is 12.1. The minimum absolute atomic E-state index is 0.00914. The fourth-order valence-corrected chi connectivity index (χ4v) is 6.26. The number of carboxylic acid groups (broad SMARTS) is 1. The van der Waals surface area contributed by atoms with E-state index < -0.39 is 56.3 Å². The number of nitro groups is 1. The van der Waals surface area contributed by atoms with Crippen LogP contribution < -0.4 is 14.6 Å². The normalized spacial score (nSPS) is 23.3. The van der Waals surface area contributed by atoms with Gasteiger partial charge in [0.2, 0.25) is 0 Å². The number of methoxy groups -OCH3 is 2. The first-order valence-corrected chi connectivity index (χ1v) is 14.5. The smallest absolute Gasteiger partial charge is 0.411 e. The van der Waals surface area contributed by atoms with Crippen LogP contribution >= 0.6 is 0 Å². The molecule has 0 N–H and O–H groups in total. The van der Waals surface area contributed by atoms with E-state index in [4.69, 9.17) is 18.9 Å². The Morgan fingerprint density at radius 2 is 1.71 bits per heavy atom. The summed E-state index contributed by atoms with van der Waals surface area (Å²) in [4.78, 5) is 65.1. The molecular weight excluding hydrogens is 590 g/mol. The molecular formula is C31H37N3O11. The molecule has 1 spiro atoms. The van der Waals surface area contributed by atoms with E-state index in [9.17, 15) is 34.4 Å². The summed E-state index contributed by atoms with van der Waals surface area (Å²) < 4.78 is 20.8. The Morgan fingerprint density at radius 1 is 1.07 bits per heavy atom. The maximum absolute atomic E-state index is 14.4. The molecule has 14 heteroatoms. The van der Waals surface area contributed by atoms with Crippen molar-refractivity contribution in [2.24, 2.45) is 0 Å². The summed E-state index contributed by atoms with van der Waals surface area (Å²) in [5, 5.41) is 24.3. The maximum atomic E-state index is 14.4. The van der Waals surface area contributed by atoms with Gasteiger partial charge in [-0.2, -0.15) is 0 Å². The molecule has 1 saturated heterocycles. The van der Waals surface area contributed by atoms with Gasteiger partial charge < -0.3 is 28.8 Å². The van der Waals surface area contributed by atoms with E-state index in [0.717, 1.165) is 18.7 Å². The quantitative estimate of drug-likeness (QED) is 0.190. The lowest BCUT2D eigenvalue weighted by Gasteiger charge is -2.57. The van der Waals surface area contributed by atoms with E-state index in [1.54, 1.807) is 45.0 Å². The van der Waals surface area contributed by atoms with Crippen molar-refractivity contribution in [1.29, 1.82) is 0 Å². The Balaban J connectivity index is 1.65. The highest BCUT2D eigenvalue weighted by molar-refractivity contribution is 5.95. The molecule has 4 rings (SSSR count). The molecule has 2 fully saturated rings. The molecule has 1 aliphatic carbocycles. The first-order valence-electron chi connectivity index (χ1n) is 14.5. The Kier molecular flexibility index (Phi) is 9.38. The number of esters is 1. The molecule has 1 heterocycles. The summed E-state index contributed by atoms with van der Waals surface area (Å²) in [5.74, 6) is -1.55. The third kappa shape index (κ3) is 6.01. The Hall–Kier alpha value is -4.72. The molecule has 1 atom stereocenters. The van der Waals surface area contributed by atoms with Crippen LogP contribution in [0.2, 0.25) is 0 Å². The number of nitro benzene ring substituents is 1. The van der Waals surface area contributed by atoms with E-state index >= 15 is 0 Å². The van der Waals surface area contributed by atoms with Crippen LogP contribution in [0.3, 0.4) is 0 Å². The number of ether oxygens (including phenoxy) is 4. The SMILES string of the molecule is COC(=O)c1cc(OC2CCC3(CC2)C(=O)[N@+](C(=O)[O-])(C(C)(C)C)CCN3C(=O)OCc2ccccc2)c(OC)cc1[N+](=O)[O-]. The van der Waals surface area contributed by atoms with E-state index in [-0.39, 0.29) is 62.4 Å². The highest BCUT2D eigenvalue weighted by Crippen LogP contribution is 2.45. The van der Waals surface area contributed by atoms with E-state index in [1.165, 1.54) is 18.1 Å². The third-order valence-corrected chi connectivity index (χ3v) is 8.74. The summed E-state index contributed by atoms with van der Waals surface area (Å²) in [6.07, 6.45) is -2.39. The monoisotopic (exact) mass is 627 g/mol. The van der Waals surface area contributed by atoms with Crippen LogP contribution in [0.5, 0.6) is 11.5 Å². The van der Waals surface area contributed by atoms with Gasteiger partial charge in [0.05, 0.1) is 37.9 Å². The Bertz CT molecular complexity index is 1480. The van der Waals surface area contributed by atoms with Gasteiger partial charge in [-0.05, 0) is 52.0 Å². The van der Waals surface area contributed by atoms with Crippen LogP contribution in [0.15, 0.2) is 42.5 Å². The van der Waals surface area contributed by atoms with Crippen LogP contribution in [-0.2, 0) is 20.9 Å².